The average Bonchev–Trinajstić information content (AvgIpc) is 2.27. The molecule has 0 heterocycles. The number of hydrogen-bond acceptors (Lipinski definition) is 3. The predicted octanol–water partition coefficient (Wildman–Crippen LogP) is 2.14. The van der Waals surface area contributed by atoms with Crippen LogP contribution >= 0.6 is 0 Å². The predicted molar refractivity (Wildman–Crippen MR) is 55.4 cm³/mol. The molecule has 0 aliphatic heterocycles. The average molecular weight is 276 g/mol. The molecule has 0 radical (unpaired) electrons. The van der Waals surface area contributed by atoms with Gasteiger partial charge in [-0.1, -0.05) is 0 Å². The molecule has 19 heavy (non-hydrogen) atoms. The second-order valence-corrected chi connectivity index (χ2v) is 3.28. The fourth-order valence-corrected chi connectivity index (χ4v) is 1.09. The summed E-state index contributed by atoms with van der Waals surface area (Å²) < 4.78 is 41.4. The van der Waals surface area contributed by atoms with Crippen LogP contribution in [-0.4, -0.2) is 22.2 Å². The Hall–Kier alpha value is -2.51. The molecule has 0 aliphatic carbocycles. The molecule has 1 aromatic carbocycles. The summed E-state index contributed by atoms with van der Waals surface area (Å²) in [6.07, 6.45) is -4.23. The van der Waals surface area contributed by atoms with Crippen LogP contribution in [0.5, 0.6) is 5.75 Å². The van der Waals surface area contributed by atoms with E-state index in [1.807, 2.05) is 0 Å². The Bertz CT molecular complexity index is 516. The summed E-state index contributed by atoms with van der Waals surface area (Å²) in [5, 5.41) is 17.0. The van der Waals surface area contributed by atoms with Crippen molar-refractivity contribution in [3.8, 4) is 5.75 Å². The van der Waals surface area contributed by atoms with Crippen molar-refractivity contribution in [3.63, 3.8) is 0 Å². The van der Waals surface area contributed by atoms with E-state index in [-0.39, 0.29) is 5.75 Å². The lowest BCUT2D eigenvalue weighted by Crippen LogP contribution is -2.10. The van der Waals surface area contributed by atoms with Gasteiger partial charge in [0.25, 0.3) is 0 Å². The van der Waals surface area contributed by atoms with Crippen molar-refractivity contribution in [1.29, 1.82) is 0 Å². The van der Waals surface area contributed by atoms with Gasteiger partial charge >= 0.3 is 18.1 Å². The van der Waals surface area contributed by atoms with E-state index in [2.05, 4.69) is 4.74 Å². The van der Waals surface area contributed by atoms with E-state index in [0.29, 0.717) is 18.2 Å². The molecule has 0 saturated carbocycles. The van der Waals surface area contributed by atoms with Crippen molar-refractivity contribution in [3.05, 3.63) is 41.7 Å². The van der Waals surface area contributed by atoms with E-state index >= 15 is 0 Å². The van der Waals surface area contributed by atoms with Crippen molar-refractivity contribution in [1.82, 2.24) is 0 Å². The van der Waals surface area contributed by atoms with Crippen molar-refractivity contribution < 1.29 is 37.7 Å². The summed E-state index contributed by atoms with van der Waals surface area (Å²) in [6, 6.07) is 3.16. The monoisotopic (exact) mass is 276 g/mol. The third-order valence-electron chi connectivity index (χ3n) is 1.87. The lowest BCUT2D eigenvalue weighted by Gasteiger charge is -2.08. The minimum Gasteiger partial charge on any atom is -0.478 e. The molecule has 8 heteroatoms. The second kappa shape index (κ2) is 5.42. The van der Waals surface area contributed by atoms with Crippen LogP contribution in [0.4, 0.5) is 13.2 Å². The fraction of sp³-hybridized carbons (Fsp3) is 0.0909. The molecule has 0 aliphatic rings. The summed E-state index contributed by atoms with van der Waals surface area (Å²) in [5.41, 5.74) is -0.932. The Morgan fingerprint density at radius 2 is 1.63 bits per heavy atom. The van der Waals surface area contributed by atoms with Gasteiger partial charge in [-0.15, -0.1) is 0 Å². The lowest BCUT2D eigenvalue weighted by atomic mass is 10.2. The first-order chi connectivity index (χ1) is 8.70. The maximum Gasteiger partial charge on any atom is 0.416 e. The van der Waals surface area contributed by atoms with Gasteiger partial charge in [0.1, 0.15) is 5.75 Å². The van der Waals surface area contributed by atoms with Gasteiger partial charge in [0.15, 0.2) is 0 Å². The Morgan fingerprint density at radius 3 is 2.00 bits per heavy atom. The van der Waals surface area contributed by atoms with Crippen LogP contribution in [0.25, 0.3) is 0 Å². The van der Waals surface area contributed by atoms with Crippen LogP contribution in [-0.2, 0) is 15.8 Å². The number of aliphatic carboxylic acids is 2. The highest BCUT2D eigenvalue weighted by Gasteiger charge is 2.30. The van der Waals surface area contributed by atoms with E-state index in [4.69, 9.17) is 10.2 Å². The summed E-state index contributed by atoms with van der Waals surface area (Å²) >= 11 is 0. The molecule has 1 rings (SSSR count). The van der Waals surface area contributed by atoms with Crippen molar-refractivity contribution >= 4 is 11.9 Å². The van der Waals surface area contributed by atoms with Crippen LogP contribution in [0.15, 0.2) is 36.1 Å². The van der Waals surface area contributed by atoms with Gasteiger partial charge < -0.3 is 14.9 Å². The van der Waals surface area contributed by atoms with Crippen molar-refractivity contribution in [2.45, 2.75) is 6.18 Å². The number of carbonyl (C=O) groups is 2. The standard InChI is InChI=1S/C11H7F3O5/c12-11(13,14)6-1-3-7(4-2-6)19-8(10(17)18)5-9(15)16/h1-5H,(H,15,16)(H,17,18)/b8-5-. The van der Waals surface area contributed by atoms with Gasteiger partial charge in [0.05, 0.1) is 11.6 Å². The van der Waals surface area contributed by atoms with E-state index in [1.54, 1.807) is 0 Å². The number of hydrogen-bond donors (Lipinski definition) is 2. The highest BCUT2D eigenvalue weighted by atomic mass is 19.4. The molecular formula is C11H7F3O5. The first-order valence-corrected chi connectivity index (χ1v) is 4.73. The number of benzene rings is 1. The first kappa shape index (κ1) is 14.6. The van der Waals surface area contributed by atoms with Gasteiger partial charge in [0.2, 0.25) is 5.76 Å². The molecule has 1 aromatic rings. The van der Waals surface area contributed by atoms with Crippen LogP contribution < -0.4 is 4.74 Å². The summed E-state index contributed by atoms with van der Waals surface area (Å²) in [6.45, 7) is 0. The molecule has 102 valence electrons. The Balaban J connectivity index is 2.94. The zero-order valence-electron chi connectivity index (χ0n) is 9.14. The topological polar surface area (TPSA) is 83.8 Å². The number of ether oxygens (including phenoxy) is 1. The van der Waals surface area contributed by atoms with Gasteiger partial charge in [-0.3, -0.25) is 0 Å². The number of alkyl halides is 3. The number of carboxylic acid groups (broad SMARTS) is 2. The number of rotatable bonds is 4. The van der Waals surface area contributed by atoms with E-state index < -0.39 is 29.4 Å². The summed E-state index contributed by atoms with van der Waals surface area (Å²) in [7, 11) is 0. The van der Waals surface area contributed by atoms with Gasteiger partial charge in [-0.05, 0) is 24.3 Å². The normalized spacial score (nSPS) is 12.1. The SMILES string of the molecule is O=C(O)/C=C(\Oc1ccc(C(F)(F)F)cc1)C(=O)O. The third kappa shape index (κ3) is 4.34. The largest absolute Gasteiger partial charge is 0.478 e. The molecule has 2 N–H and O–H groups in total. The lowest BCUT2D eigenvalue weighted by molar-refractivity contribution is -0.138. The highest BCUT2D eigenvalue weighted by Crippen LogP contribution is 2.30. The quantitative estimate of drug-likeness (QED) is 0.650. The maximum absolute atomic E-state index is 12.3. The number of halogens is 3. The molecular weight excluding hydrogens is 269 g/mol. The van der Waals surface area contributed by atoms with Gasteiger partial charge in [-0.25, -0.2) is 9.59 Å². The zero-order valence-corrected chi connectivity index (χ0v) is 9.14. The van der Waals surface area contributed by atoms with Crippen LogP contribution in [0.2, 0.25) is 0 Å². The molecule has 0 fully saturated rings. The molecule has 0 spiro atoms. The second-order valence-electron chi connectivity index (χ2n) is 3.28. The van der Waals surface area contributed by atoms with Crippen molar-refractivity contribution in [2.24, 2.45) is 0 Å². The van der Waals surface area contributed by atoms with Crippen LogP contribution in [0.1, 0.15) is 5.56 Å². The summed E-state index contributed by atoms with van der Waals surface area (Å²) in [4.78, 5) is 21.0. The smallest absolute Gasteiger partial charge is 0.416 e. The first-order valence-electron chi connectivity index (χ1n) is 4.73. The maximum atomic E-state index is 12.3. The molecule has 0 amide bonds. The molecule has 0 aromatic heterocycles. The van der Waals surface area contributed by atoms with E-state index in [0.717, 1.165) is 12.1 Å². The molecule has 5 nitrogen and oxygen atoms in total. The minimum atomic E-state index is -4.52. The van der Waals surface area contributed by atoms with Gasteiger partial charge in [0, 0.05) is 0 Å². The Kier molecular flexibility index (Phi) is 4.15. The Morgan fingerprint density at radius 1 is 1.11 bits per heavy atom. The molecule has 0 unspecified atom stereocenters. The van der Waals surface area contributed by atoms with Crippen molar-refractivity contribution in [2.75, 3.05) is 0 Å². The number of carboxylic acids is 2. The summed E-state index contributed by atoms with van der Waals surface area (Å²) in [5.74, 6) is -4.33. The molecule has 0 atom stereocenters. The Labute approximate surface area is 104 Å². The fourth-order valence-electron chi connectivity index (χ4n) is 1.09. The zero-order chi connectivity index (χ0) is 14.6. The minimum absolute atomic E-state index is 0.220. The third-order valence-corrected chi connectivity index (χ3v) is 1.87. The van der Waals surface area contributed by atoms with Crippen LogP contribution in [0.3, 0.4) is 0 Å². The van der Waals surface area contributed by atoms with E-state index in [1.165, 1.54) is 0 Å². The van der Waals surface area contributed by atoms with Gasteiger partial charge in [-0.2, -0.15) is 13.2 Å². The van der Waals surface area contributed by atoms with E-state index in [9.17, 15) is 22.8 Å². The molecule has 0 saturated heterocycles. The highest BCUT2D eigenvalue weighted by molar-refractivity contribution is 5.93. The van der Waals surface area contributed by atoms with Crippen LogP contribution in [0, 0.1) is 0 Å². The molecule has 0 bridgehead atoms.